The maximum atomic E-state index is 11.7. The molecule has 0 radical (unpaired) electrons. The van der Waals surface area contributed by atoms with Gasteiger partial charge in [-0.05, 0) is 62.2 Å². The molecule has 2 aliphatic carbocycles. The Bertz CT molecular complexity index is 513. The lowest BCUT2D eigenvalue weighted by Gasteiger charge is -2.27. The zero-order valence-electron chi connectivity index (χ0n) is 14.1. The summed E-state index contributed by atoms with van der Waals surface area (Å²) in [6.45, 7) is 4.53. The van der Waals surface area contributed by atoms with Gasteiger partial charge in [-0.3, -0.25) is 0 Å². The molecule has 8 unspecified atom stereocenters. The van der Waals surface area contributed by atoms with Crippen molar-refractivity contribution in [3.05, 3.63) is 11.6 Å². The minimum Gasteiger partial charge on any atom is -0.478 e. The molecular weight excluding hydrogens is 292 g/mol. The van der Waals surface area contributed by atoms with Crippen LogP contribution in [0.5, 0.6) is 0 Å². The average Bonchev–Trinajstić information content (AvgIpc) is 3.38. The van der Waals surface area contributed by atoms with Gasteiger partial charge in [0.05, 0.1) is 24.4 Å². The normalized spacial score (nSPS) is 48.3. The molecule has 2 saturated carbocycles. The first kappa shape index (κ1) is 15.6. The standard InChI is InChI=1S/C19H28O4/c1-10-5-15-17(22-15)8-12(10)3-4-13(19(20)21)7-14-9-18-16(23-18)6-11(14)2/h4,10-12,14-18H,3,5-9H2,1-2H3,(H,20,21). The molecule has 1 N–H and O–H groups in total. The van der Waals surface area contributed by atoms with Gasteiger partial charge in [-0.25, -0.2) is 4.79 Å². The smallest absolute Gasteiger partial charge is 0.331 e. The molecule has 4 heteroatoms. The van der Waals surface area contributed by atoms with Gasteiger partial charge in [0.1, 0.15) is 0 Å². The Labute approximate surface area is 138 Å². The van der Waals surface area contributed by atoms with Gasteiger partial charge in [0, 0.05) is 5.57 Å². The molecule has 23 heavy (non-hydrogen) atoms. The summed E-state index contributed by atoms with van der Waals surface area (Å²) in [5.41, 5.74) is 0.618. The number of rotatable bonds is 5. The molecule has 0 amide bonds. The molecule has 2 aliphatic heterocycles. The van der Waals surface area contributed by atoms with Gasteiger partial charge in [0.2, 0.25) is 0 Å². The molecular formula is C19H28O4. The molecule has 8 atom stereocenters. The predicted molar refractivity (Wildman–Crippen MR) is 86.1 cm³/mol. The summed E-state index contributed by atoms with van der Waals surface area (Å²) in [7, 11) is 0. The molecule has 0 aromatic rings. The van der Waals surface area contributed by atoms with E-state index in [0.29, 0.717) is 60.1 Å². The van der Waals surface area contributed by atoms with Crippen LogP contribution in [0, 0.1) is 23.7 Å². The van der Waals surface area contributed by atoms with Crippen LogP contribution in [0.1, 0.15) is 52.4 Å². The maximum Gasteiger partial charge on any atom is 0.331 e. The Kier molecular flexibility index (Phi) is 4.01. The molecule has 4 fully saturated rings. The SMILES string of the molecule is CC1CC2OC2CC1CC=C(CC1CC2OC2CC1C)C(=O)O. The first-order valence-electron chi connectivity index (χ1n) is 9.24. The lowest BCUT2D eigenvalue weighted by molar-refractivity contribution is -0.133. The van der Waals surface area contributed by atoms with E-state index in [1.165, 1.54) is 0 Å². The Balaban J connectivity index is 1.37. The van der Waals surface area contributed by atoms with Gasteiger partial charge in [0.15, 0.2) is 0 Å². The van der Waals surface area contributed by atoms with Crippen LogP contribution in [-0.2, 0) is 14.3 Å². The van der Waals surface area contributed by atoms with Crippen molar-refractivity contribution in [2.45, 2.75) is 76.8 Å². The van der Waals surface area contributed by atoms with Crippen LogP contribution in [0.15, 0.2) is 11.6 Å². The Morgan fingerprint density at radius 2 is 1.48 bits per heavy atom. The third-order valence-corrected chi connectivity index (χ3v) is 6.69. The Morgan fingerprint density at radius 1 is 0.957 bits per heavy atom. The highest BCUT2D eigenvalue weighted by molar-refractivity contribution is 5.86. The lowest BCUT2D eigenvalue weighted by atomic mass is 9.76. The minimum absolute atomic E-state index is 0.411. The number of carbonyl (C=O) groups is 1. The first-order chi connectivity index (χ1) is 11.0. The zero-order valence-corrected chi connectivity index (χ0v) is 14.1. The lowest BCUT2D eigenvalue weighted by Crippen LogP contribution is -2.24. The molecule has 2 heterocycles. The summed E-state index contributed by atoms with van der Waals surface area (Å²) in [6, 6.07) is 0. The van der Waals surface area contributed by atoms with E-state index in [4.69, 9.17) is 9.47 Å². The number of hydrogen-bond donors (Lipinski definition) is 1. The summed E-state index contributed by atoms with van der Waals surface area (Å²) in [5, 5.41) is 9.60. The van der Waals surface area contributed by atoms with Gasteiger partial charge in [0.25, 0.3) is 0 Å². The number of fused-ring (bicyclic) bond motifs is 2. The van der Waals surface area contributed by atoms with Crippen LogP contribution in [0.25, 0.3) is 0 Å². The molecule has 4 rings (SSSR count). The highest BCUT2D eigenvalue weighted by Gasteiger charge is 2.48. The first-order valence-corrected chi connectivity index (χ1v) is 9.24. The fourth-order valence-electron chi connectivity index (χ4n) is 4.81. The molecule has 0 spiro atoms. The topological polar surface area (TPSA) is 62.4 Å². The number of epoxide rings is 2. The molecule has 0 aromatic carbocycles. The third-order valence-electron chi connectivity index (χ3n) is 6.69. The largest absolute Gasteiger partial charge is 0.478 e. The van der Waals surface area contributed by atoms with E-state index in [9.17, 15) is 9.90 Å². The van der Waals surface area contributed by atoms with E-state index in [1.54, 1.807) is 0 Å². The summed E-state index contributed by atoms with van der Waals surface area (Å²) in [6.07, 6.45) is 9.82. The molecule has 4 nitrogen and oxygen atoms in total. The maximum absolute atomic E-state index is 11.7. The van der Waals surface area contributed by atoms with Crippen molar-refractivity contribution in [3.8, 4) is 0 Å². The van der Waals surface area contributed by atoms with Crippen LogP contribution in [0.3, 0.4) is 0 Å². The number of ether oxygens (including phenoxy) is 2. The predicted octanol–water partition coefficient (Wildman–Crippen LogP) is 3.40. The van der Waals surface area contributed by atoms with E-state index < -0.39 is 5.97 Å². The molecule has 2 saturated heterocycles. The van der Waals surface area contributed by atoms with E-state index in [-0.39, 0.29) is 0 Å². The van der Waals surface area contributed by atoms with Gasteiger partial charge in [-0.1, -0.05) is 19.9 Å². The summed E-state index contributed by atoms with van der Waals surface area (Å²) in [4.78, 5) is 11.7. The number of carboxylic acid groups (broad SMARTS) is 1. The van der Waals surface area contributed by atoms with Crippen LogP contribution < -0.4 is 0 Å². The van der Waals surface area contributed by atoms with Gasteiger partial charge in [-0.15, -0.1) is 0 Å². The third kappa shape index (κ3) is 3.34. The molecule has 4 aliphatic rings. The second-order valence-electron chi connectivity index (χ2n) is 8.32. The van der Waals surface area contributed by atoms with Crippen molar-refractivity contribution in [3.63, 3.8) is 0 Å². The van der Waals surface area contributed by atoms with E-state index >= 15 is 0 Å². The second-order valence-corrected chi connectivity index (χ2v) is 8.32. The van der Waals surface area contributed by atoms with Crippen molar-refractivity contribution in [1.29, 1.82) is 0 Å². The summed E-state index contributed by atoms with van der Waals surface area (Å²) < 4.78 is 11.3. The quantitative estimate of drug-likeness (QED) is 0.623. The molecule has 0 aromatic heterocycles. The monoisotopic (exact) mass is 320 g/mol. The highest BCUT2D eigenvalue weighted by Crippen LogP contribution is 2.46. The number of carboxylic acids is 1. The fraction of sp³-hybridized carbons (Fsp3) is 0.842. The van der Waals surface area contributed by atoms with Crippen molar-refractivity contribution >= 4 is 5.97 Å². The van der Waals surface area contributed by atoms with Crippen molar-refractivity contribution in [1.82, 2.24) is 0 Å². The van der Waals surface area contributed by atoms with E-state index in [0.717, 1.165) is 32.1 Å². The molecule has 0 bridgehead atoms. The van der Waals surface area contributed by atoms with Crippen molar-refractivity contribution in [2.24, 2.45) is 23.7 Å². The second kappa shape index (κ2) is 5.89. The molecule has 128 valence electrons. The summed E-state index contributed by atoms with van der Waals surface area (Å²) >= 11 is 0. The number of aliphatic carboxylic acids is 1. The summed E-state index contributed by atoms with van der Waals surface area (Å²) in [5.74, 6) is 1.50. The average molecular weight is 320 g/mol. The van der Waals surface area contributed by atoms with Crippen LogP contribution in [0.4, 0.5) is 0 Å². The Morgan fingerprint density at radius 3 is 2.09 bits per heavy atom. The number of allylic oxidation sites excluding steroid dienone is 1. The highest BCUT2D eigenvalue weighted by atomic mass is 16.6. The van der Waals surface area contributed by atoms with E-state index in [2.05, 4.69) is 13.8 Å². The van der Waals surface area contributed by atoms with Gasteiger partial charge >= 0.3 is 5.97 Å². The van der Waals surface area contributed by atoms with Crippen LogP contribution in [-0.4, -0.2) is 35.5 Å². The van der Waals surface area contributed by atoms with E-state index in [1.807, 2.05) is 6.08 Å². The Hall–Kier alpha value is -0.870. The van der Waals surface area contributed by atoms with Gasteiger partial charge < -0.3 is 14.6 Å². The van der Waals surface area contributed by atoms with Crippen molar-refractivity contribution in [2.75, 3.05) is 0 Å². The van der Waals surface area contributed by atoms with Crippen molar-refractivity contribution < 1.29 is 19.4 Å². The number of hydrogen-bond acceptors (Lipinski definition) is 3. The van der Waals surface area contributed by atoms with Gasteiger partial charge in [-0.2, -0.15) is 0 Å². The fourth-order valence-corrected chi connectivity index (χ4v) is 4.81. The minimum atomic E-state index is -0.736. The van der Waals surface area contributed by atoms with Crippen LogP contribution in [0.2, 0.25) is 0 Å². The zero-order chi connectivity index (χ0) is 16.1. The van der Waals surface area contributed by atoms with Crippen LogP contribution >= 0.6 is 0 Å².